The van der Waals surface area contributed by atoms with Gasteiger partial charge in [-0.2, -0.15) is 0 Å². The number of benzene rings is 1. The molecule has 22 heavy (non-hydrogen) atoms. The largest absolute Gasteiger partial charge is 0.479 e. The molecule has 1 atom stereocenters. The van der Waals surface area contributed by atoms with E-state index in [-0.39, 0.29) is 18.6 Å². The molecule has 1 saturated carbocycles. The van der Waals surface area contributed by atoms with Crippen LogP contribution in [0.15, 0.2) is 28.7 Å². The summed E-state index contributed by atoms with van der Waals surface area (Å²) in [7, 11) is 0. The first-order valence-electron chi connectivity index (χ1n) is 7.43. The van der Waals surface area contributed by atoms with Crippen LogP contribution in [0.25, 0.3) is 0 Å². The second kappa shape index (κ2) is 8.17. The summed E-state index contributed by atoms with van der Waals surface area (Å²) in [6, 6.07) is 7.37. The van der Waals surface area contributed by atoms with E-state index in [2.05, 4.69) is 21.2 Å². The van der Waals surface area contributed by atoms with E-state index in [1.807, 2.05) is 12.1 Å². The lowest BCUT2D eigenvalue weighted by Crippen LogP contribution is -2.37. The van der Waals surface area contributed by atoms with Gasteiger partial charge < -0.3 is 14.8 Å². The van der Waals surface area contributed by atoms with Crippen molar-refractivity contribution in [3.8, 4) is 5.75 Å². The predicted molar refractivity (Wildman–Crippen MR) is 85.6 cm³/mol. The Balaban J connectivity index is 1.71. The van der Waals surface area contributed by atoms with Gasteiger partial charge in [0.2, 0.25) is 0 Å². The Morgan fingerprint density at radius 3 is 2.55 bits per heavy atom. The van der Waals surface area contributed by atoms with Crippen LogP contribution in [0.2, 0.25) is 0 Å². The number of rotatable bonds is 6. The van der Waals surface area contributed by atoms with Gasteiger partial charge in [-0.15, -0.1) is 0 Å². The van der Waals surface area contributed by atoms with Crippen LogP contribution in [0.1, 0.15) is 32.6 Å². The highest BCUT2D eigenvalue weighted by atomic mass is 79.9. The molecule has 1 fully saturated rings. The third kappa shape index (κ3) is 5.33. The number of amides is 1. The Kier molecular flexibility index (Phi) is 6.24. The molecule has 0 saturated heterocycles. The van der Waals surface area contributed by atoms with Gasteiger partial charge >= 0.3 is 5.97 Å². The van der Waals surface area contributed by atoms with Crippen LogP contribution in [0.5, 0.6) is 5.75 Å². The molecule has 0 aromatic heterocycles. The first-order valence-corrected chi connectivity index (χ1v) is 8.22. The zero-order valence-corrected chi connectivity index (χ0v) is 14.1. The third-order valence-corrected chi connectivity index (χ3v) is 4.05. The van der Waals surface area contributed by atoms with Gasteiger partial charge in [-0.25, -0.2) is 4.79 Å². The van der Waals surface area contributed by atoms with Gasteiger partial charge in [0.05, 0.1) is 0 Å². The standard InChI is InChI=1S/C16H20BrNO4/c1-11(22-14-8-6-12(17)7-9-14)16(20)21-10-15(19)18-13-4-2-3-5-13/h6-9,11,13H,2-5,10H2,1H3,(H,18,19)/t11-/m1/s1. The van der Waals surface area contributed by atoms with Crippen LogP contribution >= 0.6 is 15.9 Å². The molecule has 120 valence electrons. The zero-order chi connectivity index (χ0) is 15.9. The minimum Gasteiger partial charge on any atom is -0.479 e. The Hall–Kier alpha value is -1.56. The highest BCUT2D eigenvalue weighted by Crippen LogP contribution is 2.18. The van der Waals surface area contributed by atoms with Crippen LogP contribution in [-0.2, 0) is 14.3 Å². The first kappa shape index (κ1) is 16.8. The van der Waals surface area contributed by atoms with Crippen molar-refractivity contribution in [1.82, 2.24) is 5.32 Å². The van der Waals surface area contributed by atoms with Crippen molar-refractivity contribution < 1.29 is 19.1 Å². The van der Waals surface area contributed by atoms with E-state index in [4.69, 9.17) is 9.47 Å². The average molecular weight is 370 g/mol. The monoisotopic (exact) mass is 369 g/mol. The molecule has 5 nitrogen and oxygen atoms in total. The molecule has 1 aliphatic carbocycles. The van der Waals surface area contributed by atoms with E-state index in [1.165, 1.54) is 0 Å². The van der Waals surface area contributed by atoms with Crippen LogP contribution < -0.4 is 10.1 Å². The Labute approximate surface area is 138 Å². The number of halogens is 1. The Morgan fingerprint density at radius 1 is 1.27 bits per heavy atom. The van der Waals surface area contributed by atoms with Crippen molar-refractivity contribution in [1.29, 1.82) is 0 Å². The van der Waals surface area contributed by atoms with Crippen molar-refractivity contribution in [2.24, 2.45) is 0 Å². The third-order valence-electron chi connectivity index (χ3n) is 3.52. The number of hydrogen-bond donors (Lipinski definition) is 1. The summed E-state index contributed by atoms with van der Waals surface area (Å²) in [5, 5.41) is 2.87. The molecule has 0 unspecified atom stereocenters. The molecule has 1 aliphatic rings. The number of carbonyl (C=O) groups excluding carboxylic acids is 2. The zero-order valence-electron chi connectivity index (χ0n) is 12.5. The molecular formula is C16H20BrNO4. The van der Waals surface area contributed by atoms with Crippen molar-refractivity contribution in [3.05, 3.63) is 28.7 Å². The first-order chi connectivity index (χ1) is 10.5. The molecule has 0 radical (unpaired) electrons. The highest BCUT2D eigenvalue weighted by Gasteiger charge is 2.20. The van der Waals surface area contributed by atoms with Crippen molar-refractivity contribution in [3.63, 3.8) is 0 Å². The number of hydrogen-bond acceptors (Lipinski definition) is 4. The van der Waals surface area contributed by atoms with E-state index < -0.39 is 12.1 Å². The van der Waals surface area contributed by atoms with Crippen molar-refractivity contribution >= 4 is 27.8 Å². The lowest BCUT2D eigenvalue weighted by molar-refractivity contribution is -0.154. The van der Waals surface area contributed by atoms with Gasteiger partial charge in [0.1, 0.15) is 5.75 Å². The van der Waals surface area contributed by atoms with E-state index in [9.17, 15) is 9.59 Å². The molecule has 0 heterocycles. The number of nitrogens with one attached hydrogen (secondary N) is 1. The maximum Gasteiger partial charge on any atom is 0.347 e. The fourth-order valence-corrected chi connectivity index (χ4v) is 2.62. The lowest BCUT2D eigenvalue weighted by atomic mass is 10.2. The van der Waals surface area contributed by atoms with Gasteiger partial charge in [0, 0.05) is 10.5 Å². The summed E-state index contributed by atoms with van der Waals surface area (Å²) in [6.07, 6.45) is 3.53. The molecule has 0 bridgehead atoms. The predicted octanol–water partition coefficient (Wildman–Crippen LogP) is 2.82. The maximum atomic E-state index is 11.8. The topological polar surface area (TPSA) is 64.6 Å². The van der Waals surface area contributed by atoms with E-state index in [1.54, 1.807) is 19.1 Å². The maximum absolute atomic E-state index is 11.8. The van der Waals surface area contributed by atoms with Crippen LogP contribution in [0, 0.1) is 0 Å². The molecule has 0 spiro atoms. The van der Waals surface area contributed by atoms with Crippen LogP contribution in [-0.4, -0.2) is 30.6 Å². The molecule has 1 aromatic carbocycles. The Morgan fingerprint density at radius 2 is 1.91 bits per heavy atom. The smallest absolute Gasteiger partial charge is 0.347 e. The minimum atomic E-state index is -0.763. The highest BCUT2D eigenvalue weighted by molar-refractivity contribution is 9.10. The van der Waals surface area contributed by atoms with Gasteiger partial charge in [-0.05, 0) is 44.0 Å². The van der Waals surface area contributed by atoms with Gasteiger partial charge in [-0.1, -0.05) is 28.8 Å². The SMILES string of the molecule is C[C@@H](Oc1ccc(Br)cc1)C(=O)OCC(=O)NC1CCCC1. The second-order valence-corrected chi connectivity index (χ2v) is 6.29. The fraction of sp³-hybridized carbons (Fsp3) is 0.500. The summed E-state index contributed by atoms with van der Waals surface area (Å²) in [6.45, 7) is 1.34. The number of ether oxygens (including phenoxy) is 2. The minimum absolute atomic E-state index is 0.225. The van der Waals surface area contributed by atoms with Crippen molar-refractivity contribution in [2.75, 3.05) is 6.61 Å². The molecule has 6 heteroatoms. The quantitative estimate of drug-likeness (QED) is 0.783. The summed E-state index contributed by atoms with van der Waals surface area (Å²) in [5.41, 5.74) is 0. The molecule has 0 aliphatic heterocycles. The second-order valence-electron chi connectivity index (χ2n) is 5.37. The molecule has 1 amide bonds. The van der Waals surface area contributed by atoms with Gasteiger partial charge in [0.25, 0.3) is 5.91 Å². The normalized spacial score (nSPS) is 16.1. The summed E-state index contributed by atoms with van der Waals surface area (Å²) in [4.78, 5) is 23.5. The molecule has 1 N–H and O–H groups in total. The van der Waals surface area contributed by atoms with Gasteiger partial charge in [-0.3, -0.25) is 4.79 Å². The molecular weight excluding hydrogens is 350 g/mol. The summed E-state index contributed by atoms with van der Waals surface area (Å²) in [5.74, 6) is -0.233. The summed E-state index contributed by atoms with van der Waals surface area (Å²) >= 11 is 3.33. The van der Waals surface area contributed by atoms with E-state index in [0.717, 1.165) is 30.2 Å². The summed E-state index contributed by atoms with van der Waals surface area (Å²) < 4.78 is 11.4. The average Bonchev–Trinajstić information content (AvgIpc) is 3.00. The molecule has 2 rings (SSSR count). The Bertz CT molecular complexity index is 511. The number of esters is 1. The van der Waals surface area contributed by atoms with E-state index >= 15 is 0 Å². The van der Waals surface area contributed by atoms with Crippen molar-refractivity contribution in [2.45, 2.75) is 44.8 Å². The fourth-order valence-electron chi connectivity index (χ4n) is 2.36. The van der Waals surface area contributed by atoms with Gasteiger partial charge in [0.15, 0.2) is 12.7 Å². The van der Waals surface area contributed by atoms with Crippen LogP contribution in [0.4, 0.5) is 0 Å². The molecule has 1 aromatic rings. The lowest BCUT2D eigenvalue weighted by Gasteiger charge is -2.15. The van der Waals surface area contributed by atoms with Crippen LogP contribution in [0.3, 0.4) is 0 Å². The number of carbonyl (C=O) groups is 2. The van der Waals surface area contributed by atoms with E-state index in [0.29, 0.717) is 5.75 Å².